The molecule has 4 nitrogen and oxygen atoms in total. The summed E-state index contributed by atoms with van der Waals surface area (Å²) in [6, 6.07) is 0. The van der Waals surface area contributed by atoms with Gasteiger partial charge in [0.05, 0.1) is 24.1 Å². The molecule has 0 spiro atoms. The van der Waals surface area contributed by atoms with Gasteiger partial charge in [0.15, 0.2) is 4.77 Å². The Morgan fingerprint density at radius 3 is 2.75 bits per heavy atom. The van der Waals surface area contributed by atoms with Crippen molar-refractivity contribution in [3.8, 4) is 0 Å². The maximum atomic E-state index is 12.1. The van der Waals surface area contributed by atoms with Crippen LogP contribution in [0, 0.1) is 18.6 Å². The van der Waals surface area contributed by atoms with Crippen LogP contribution in [0.25, 0.3) is 10.9 Å². The number of aryl methyl sites for hydroxylation is 2. The van der Waals surface area contributed by atoms with Crippen molar-refractivity contribution in [1.29, 1.82) is 0 Å². The second-order valence-corrected chi connectivity index (χ2v) is 5.39. The Hall–Kier alpha value is -0.980. The molecule has 2 aromatic heterocycles. The molecule has 0 aliphatic rings. The molecule has 0 fully saturated rings. The van der Waals surface area contributed by atoms with Gasteiger partial charge in [-0.15, -0.1) is 11.3 Å². The molecule has 0 aliphatic carbocycles. The van der Waals surface area contributed by atoms with Crippen molar-refractivity contribution in [2.45, 2.75) is 20.4 Å². The second kappa shape index (κ2) is 4.12. The van der Waals surface area contributed by atoms with Crippen LogP contribution < -0.4 is 5.56 Å². The van der Waals surface area contributed by atoms with E-state index < -0.39 is 0 Å². The minimum Gasteiger partial charge on any atom is -0.395 e. The van der Waals surface area contributed by atoms with Gasteiger partial charge in [-0.05, 0) is 26.1 Å². The third-order valence-corrected chi connectivity index (χ3v) is 3.86. The van der Waals surface area contributed by atoms with Gasteiger partial charge in [-0.2, -0.15) is 0 Å². The van der Waals surface area contributed by atoms with Gasteiger partial charge in [-0.3, -0.25) is 9.36 Å². The third kappa shape index (κ3) is 1.63. The fourth-order valence-corrected chi connectivity index (χ4v) is 3.08. The fraction of sp³-hybridized carbons (Fsp3) is 0.400. The van der Waals surface area contributed by atoms with E-state index in [0.29, 0.717) is 10.2 Å². The van der Waals surface area contributed by atoms with Crippen LogP contribution in [0.3, 0.4) is 0 Å². The van der Waals surface area contributed by atoms with Crippen molar-refractivity contribution in [2.24, 2.45) is 0 Å². The standard InChI is InChI=1S/C10H12N2O2S2/c1-5-7-8(6(2)16-5)11-10(15)12(3-4-13)9(7)14/h13H,3-4H2,1-2H3,(H,11,15). The fourth-order valence-electron chi connectivity index (χ4n) is 1.80. The summed E-state index contributed by atoms with van der Waals surface area (Å²) in [5.41, 5.74) is 0.710. The Balaban J connectivity index is 2.93. The van der Waals surface area contributed by atoms with E-state index in [2.05, 4.69) is 4.98 Å². The number of nitrogens with zero attached hydrogens (tertiary/aromatic N) is 1. The summed E-state index contributed by atoms with van der Waals surface area (Å²) < 4.78 is 1.77. The number of H-pyrrole nitrogens is 1. The zero-order chi connectivity index (χ0) is 11.9. The number of fused-ring (bicyclic) bond motifs is 1. The van der Waals surface area contributed by atoms with Gasteiger partial charge in [-0.25, -0.2) is 0 Å². The SMILES string of the molecule is Cc1sc(C)c2c(=O)n(CCO)c(=S)[nH]c12. The average molecular weight is 256 g/mol. The molecule has 0 unspecified atom stereocenters. The highest BCUT2D eigenvalue weighted by atomic mass is 32.1. The van der Waals surface area contributed by atoms with Gasteiger partial charge in [0.2, 0.25) is 0 Å². The van der Waals surface area contributed by atoms with Gasteiger partial charge in [0.25, 0.3) is 5.56 Å². The molecule has 0 atom stereocenters. The van der Waals surface area contributed by atoms with Crippen molar-refractivity contribution in [2.75, 3.05) is 6.61 Å². The molecule has 0 saturated heterocycles. The van der Waals surface area contributed by atoms with Gasteiger partial charge < -0.3 is 10.1 Å². The van der Waals surface area contributed by atoms with E-state index in [1.54, 1.807) is 11.3 Å². The van der Waals surface area contributed by atoms with E-state index in [1.807, 2.05) is 13.8 Å². The topological polar surface area (TPSA) is 58.0 Å². The molecule has 16 heavy (non-hydrogen) atoms. The molecule has 2 N–H and O–H groups in total. The van der Waals surface area contributed by atoms with Crippen LogP contribution in [0.5, 0.6) is 0 Å². The highest BCUT2D eigenvalue weighted by Gasteiger charge is 2.12. The van der Waals surface area contributed by atoms with Gasteiger partial charge in [-0.1, -0.05) is 0 Å². The van der Waals surface area contributed by atoms with Crippen LogP contribution in [0.2, 0.25) is 0 Å². The van der Waals surface area contributed by atoms with E-state index in [-0.39, 0.29) is 18.7 Å². The lowest BCUT2D eigenvalue weighted by atomic mass is 10.3. The minimum atomic E-state index is -0.116. The Bertz CT molecular complexity index is 651. The summed E-state index contributed by atoms with van der Waals surface area (Å²) in [7, 11) is 0. The van der Waals surface area contributed by atoms with Crippen molar-refractivity contribution in [3.63, 3.8) is 0 Å². The summed E-state index contributed by atoms with van der Waals surface area (Å²) in [6.07, 6.45) is 0. The number of rotatable bonds is 2. The van der Waals surface area contributed by atoms with Crippen LogP contribution in [-0.4, -0.2) is 21.3 Å². The number of aromatic nitrogens is 2. The predicted octanol–water partition coefficient (Wildman–Crippen LogP) is 1.73. The monoisotopic (exact) mass is 256 g/mol. The number of hydrogen-bond donors (Lipinski definition) is 2. The van der Waals surface area contributed by atoms with Crippen molar-refractivity contribution >= 4 is 34.5 Å². The third-order valence-electron chi connectivity index (χ3n) is 2.52. The maximum Gasteiger partial charge on any atom is 0.263 e. The molecule has 2 heterocycles. The molecule has 0 saturated carbocycles. The van der Waals surface area contributed by atoms with Crippen LogP contribution in [0.4, 0.5) is 0 Å². The minimum absolute atomic E-state index is 0.0922. The van der Waals surface area contributed by atoms with E-state index in [4.69, 9.17) is 17.3 Å². The van der Waals surface area contributed by atoms with E-state index in [9.17, 15) is 4.79 Å². The molecule has 0 bridgehead atoms. The zero-order valence-corrected chi connectivity index (χ0v) is 10.7. The van der Waals surface area contributed by atoms with Crippen LogP contribution in [0.1, 0.15) is 9.75 Å². The summed E-state index contributed by atoms with van der Waals surface area (Å²) in [5.74, 6) is 0. The van der Waals surface area contributed by atoms with Crippen LogP contribution in [0.15, 0.2) is 4.79 Å². The molecule has 2 aromatic rings. The van der Waals surface area contributed by atoms with Crippen LogP contribution >= 0.6 is 23.6 Å². The summed E-state index contributed by atoms with van der Waals surface area (Å²) in [6.45, 7) is 4.02. The molecule has 0 radical (unpaired) electrons. The molecule has 0 aliphatic heterocycles. The summed E-state index contributed by atoms with van der Waals surface area (Å²) in [4.78, 5) is 17.2. The Kier molecular flexibility index (Phi) is 2.96. The average Bonchev–Trinajstić information content (AvgIpc) is 2.49. The first kappa shape index (κ1) is 11.5. The smallest absolute Gasteiger partial charge is 0.263 e. The molecule has 0 amide bonds. The predicted molar refractivity (Wildman–Crippen MR) is 67.8 cm³/mol. The molecular formula is C10H12N2O2S2. The van der Waals surface area contributed by atoms with Crippen molar-refractivity contribution in [3.05, 3.63) is 24.9 Å². The van der Waals surface area contributed by atoms with E-state index >= 15 is 0 Å². The highest BCUT2D eigenvalue weighted by Crippen LogP contribution is 2.25. The Labute approximate surface area is 101 Å². The van der Waals surface area contributed by atoms with Crippen molar-refractivity contribution in [1.82, 2.24) is 9.55 Å². The number of thiophene rings is 1. The number of aliphatic hydroxyl groups is 1. The molecule has 2 rings (SSSR count). The number of aliphatic hydroxyl groups excluding tert-OH is 1. The quantitative estimate of drug-likeness (QED) is 0.805. The lowest BCUT2D eigenvalue weighted by Crippen LogP contribution is -2.23. The maximum absolute atomic E-state index is 12.1. The number of aromatic amines is 1. The lowest BCUT2D eigenvalue weighted by Gasteiger charge is -2.04. The normalized spacial score (nSPS) is 11.2. The molecule has 0 aromatic carbocycles. The van der Waals surface area contributed by atoms with Gasteiger partial charge in [0.1, 0.15) is 0 Å². The summed E-state index contributed by atoms with van der Waals surface area (Å²) in [5, 5.41) is 9.58. The summed E-state index contributed by atoms with van der Waals surface area (Å²) >= 11 is 6.68. The van der Waals surface area contributed by atoms with Crippen LogP contribution in [-0.2, 0) is 6.54 Å². The van der Waals surface area contributed by atoms with E-state index in [0.717, 1.165) is 15.3 Å². The largest absolute Gasteiger partial charge is 0.395 e. The molecule has 86 valence electrons. The zero-order valence-electron chi connectivity index (χ0n) is 9.03. The number of hydrogen-bond acceptors (Lipinski definition) is 4. The van der Waals surface area contributed by atoms with Crippen molar-refractivity contribution < 1.29 is 5.11 Å². The van der Waals surface area contributed by atoms with Gasteiger partial charge in [0, 0.05) is 9.75 Å². The first-order chi connectivity index (χ1) is 7.56. The molecular weight excluding hydrogens is 244 g/mol. The Morgan fingerprint density at radius 2 is 2.12 bits per heavy atom. The number of nitrogens with one attached hydrogen (secondary N) is 1. The Morgan fingerprint density at radius 1 is 1.44 bits per heavy atom. The highest BCUT2D eigenvalue weighted by molar-refractivity contribution is 7.71. The van der Waals surface area contributed by atoms with E-state index in [1.165, 1.54) is 4.57 Å². The van der Waals surface area contributed by atoms with Gasteiger partial charge >= 0.3 is 0 Å². The molecule has 6 heteroatoms. The first-order valence-electron chi connectivity index (χ1n) is 4.90. The second-order valence-electron chi connectivity index (χ2n) is 3.57. The first-order valence-corrected chi connectivity index (χ1v) is 6.12. The lowest BCUT2D eigenvalue weighted by molar-refractivity contribution is 0.273.